The molecule has 1 aromatic carbocycles. The van der Waals surface area contributed by atoms with E-state index in [1.807, 2.05) is 18.2 Å². The zero-order valence-corrected chi connectivity index (χ0v) is 8.96. The molecule has 1 amide bonds. The molecule has 1 heterocycles. The highest BCUT2D eigenvalue weighted by molar-refractivity contribution is 5.77. The van der Waals surface area contributed by atoms with Crippen molar-refractivity contribution in [2.75, 3.05) is 7.05 Å². The van der Waals surface area contributed by atoms with Crippen molar-refractivity contribution in [1.29, 1.82) is 0 Å². The van der Waals surface area contributed by atoms with Crippen LogP contribution in [0, 0.1) is 0 Å². The summed E-state index contributed by atoms with van der Waals surface area (Å²) in [6.07, 6.45) is 1.12. The maximum Gasteiger partial charge on any atom is 0.323 e. The van der Waals surface area contributed by atoms with Crippen molar-refractivity contribution in [2.24, 2.45) is 0 Å². The second-order valence-electron chi connectivity index (χ2n) is 3.63. The first-order valence-electron chi connectivity index (χ1n) is 5.10. The molecule has 0 atom stereocenters. The van der Waals surface area contributed by atoms with E-state index in [9.17, 15) is 9.59 Å². The van der Waals surface area contributed by atoms with E-state index >= 15 is 0 Å². The lowest BCUT2D eigenvalue weighted by Gasteiger charge is -2.00. The Morgan fingerprint density at radius 1 is 1.31 bits per heavy atom. The lowest BCUT2D eigenvalue weighted by atomic mass is 10.1. The molecule has 0 saturated carbocycles. The summed E-state index contributed by atoms with van der Waals surface area (Å²) in [4.78, 5) is 27.5. The van der Waals surface area contributed by atoms with E-state index < -0.39 is 0 Å². The molecule has 0 bridgehead atoms. The van der Waals surface area contributed by atoms with Gasteiger partial charge in [-0.25, -0.2) is 4.79 Å². The third-order valence-electron chi connectivity index (χ3n) is 2.50. The Hall–Kier alpha value is -2.04. The van der Waals surface area contributed by atoms with Crippen LogP contribution in [0.15, 0.2) is 23.0 Å². The largest absolute Gasteiger partial charge is 0.359 e. The van der Waals surface area contributed by atoms with Gasteiger partial charge in [-0.3, -0.25) is 4.79 Å². The van der Waals surface area contributed by atoms with E-state index in [4.69, 9.17) is 0 Å². The third-order valence-corrected chi connectivity index (χ3v) is 2.50. The summed E-state index contributed by atoms with van der Waals surface area (Å²) in [6.45, 7) is 0. The Morgan fingerprint density at radius 2 is 2.06 bits per heavy atom. The molecule has 0 unspecified atom stereocenters. The topological polar surface area (TPSA) is 77.8 Å². The first-order valence-corrected chi connectivity index (χ1v) is 5.10. The lowest BCUT2D eigenvalue weighted by molar-refractivity contribution is -0.120. The molecule has 5 heteroatoms. The first-order chi connectivity index (χ1) is 7.69. The number of benzene rings is 1. The normalized spacial score (nSPS) is 10.6. The molecule has 1 aromatic heterocycles. The molecule has 5 nitrogen and oxygen atoms in total. The molecule has 0 spiro atoms. The Morgan fingerprint density at radius 3 is 2.81 bits per heavy atom. The average molecular weight is 219 g/mol. The summed E-state index contributed by atoms with van der Waals surface area (Å²) in [5.41, 5.74) is 2.39. The van der Waals surface area contributed by atoms with Gasteiger partial charge in [0, 0.05) is 13.5 Å². The fourth-order valence-electron chi connectivity index (χ4n) is 1.62. The van der Waals surface area contributed by atoms with E-state index in [-0.39, 0.29) is 11.6 Å². The molecule has 84 valence electrons. The van der Waals surface area contributed by atoms with E-state index in [1.165, 1.54) is 0 Å². The fraction of sp³-hybridized carbons (Fsp3) is 0.273. The molecule has 2 aromatic rings. The average Bonchev–Trinajstić information content (AvgIpc) is 2.65. The number of amides is 1. The SMILES string of the molecule is CNC(=O)CCc1ccc2[nH]c(=O)[nH]c2c1. The number of imidazole rings is 1. The van der Waals surface area contributed by atoms with Crippen molar-refractivity contribution in [3.63, 3.8) is 0 Å². The minimum Gasteiger partial charge on any atom is -0.359 e. The van der Waals surface area contributed by atoms with Gasteiger partial charge in [0.1, 0.15) is 0 Å². The maximum atomic E-state index is 11.1. The number of carbonyl (C=O) groups excluding carboxylic acids is 1. The number of aromatic nitrogens is 2. The molecule has 2 rings (SSSR count). The highest BCUT2D eigenvalue weighted by atomic mass is 16.1. The van der Waals surface area contributed by atoms with Crippen LogP contribution >= 0.6 is 0 Å². The highest BCUT2D eigenvalue weighted by Crippen LogP contribution is 2.11. The van der Waals surface area contributed by atoms with Crippen LogP contribution in [0.1, 0.15) is 12.0 Å². The zero-order chi connectivity index (χ0) is 11.5. The number of fused-ring (bicyclic) bond motifs is 1. The number of hydrogen-bond acceptors (Lipinski definition) is 2. The van der Waals surface area contributed by atoms with Crippen LogP contribution in [0.3, 0.4) is 0 Å². The summed E-state index contributed by atoms with van der Waals surface area (Å²) < 4.78 is 0. The second-order valence-corrected chi connectivity index (χ2v) is 3.63. The quantitative estimate of drug-likeness (QED) is 0.704. The number of carbonyl (C=O) groups is 1. The number of H-pyrrole nitrogens is 2. The molecule has 0 radical (unpaired) electrons. The number of aromatic amines is 2. The minimum atomic E-state index is -0.210. The maximum absolute atomic E-state index is 11.1. The predicted molar refractivity (Wildman–Crippen MR) is 61.3 cm³/mol. The van der Waals surface area contributed by atoms with Gasteiger partial charge < -0.3 is 15.3 Å². The molecule has 0 fully saturated rings. The van der Waals surface area contributed by atoms with Crippen molar-refractivity contribution in [3.05, 3.63) is 34.2 Å². The van der Waals surface area contributed by atoms with E-state index in [2.05, 4.69) is 15.3 Å². The molecule has 0 aliphatic carbocycles. The second kappa shape index (κ2) is 4.22. The minimum absolute atomic E-state index is 0.0164. The molecule has 16 heavy (non-hydrogen) atoms. The first kappa shape index (κ1) is 10.5. The van der Waals surface area contributed by atoms with E-state index in [0.29, 0.717) is 12.8 Å². The molecule has 0 aliphatic rings. The predicted octanol–water partition coefficient (Wildman–Crippen LogP) is 0.535. The van der Waals surface area contributed by atoms with Gasteiger partial charge in [-0.15, -0.1) is 0 Å². The number of nitrogens with one attached hydrogen (secondary N) is 3. The lowest BCUT2D eigenvalue weighted by Crippen LogP contribution is -2.17. The zero-order valence-electron chi connectivity index (χ0n) is 8.96. The van der Waals surface area contributed by atoms with Crippen LogP contribution < -0.4 is 11.0 Å². The Balaban J connectivity index is 2.19. The fourth-order valence-corrected chi connectivity index (χ4v) is 1.62. The van der Waals surface area contributed by atoms with Gasteiger partial charge in [-0.05, 0) is 24.1 Å². The van der Waals surface area contributed by atoms with Crippen LogP contribution in [-0.4, -0.2) is 22.9 Å². The van der Waals surface area contributed by atoms with Crippen LogP contribution in [0.5, 0.6) is 0 Å². The van der Waals surface area contributed by atoms with Crippen molar-refractivity contribution in [3.8, 4) is 0 Å². The van der Waals surface area contributed by atoms with Crippen LogP contribution in [0.25, 0.3) is 11.0 Å². The molecule has 0 saturated heterocycles. The van der Waals surface area contributed by atoms with Gasteiger partial charge in [-0.2, -0.15) is 0 Å². The number of hydrogen-bond donors (Lipinski definition) is 3. The van der Waals surface area contributed by atoms with Gasteiger partial charge in [0.15, 0.2) is 0 Å². The number of aryl methyl sites for hydroxylation is 1. The van der Waals surface area contributed by atoms with Crippen molar-refractivity contribution in [1.82, 2.24) is 15.3 Å². The Bertz CT molecular complexity index is 568. The van der Waals surface area contributed by atoms with Crippen LogP contribution in [-0.2, 0) is 11.2 Å². The molecular weight excluding hydrogens is 206 g/mol. The van der Waals surface area contributed by atoms with Gasteiger partial charge in [0.25, 0.3) is 0 Å². The monoisotopic (exact) mass is 219 g/mol. The van der Waals surface area contributed by atoms with Gasteiger partial charge in [-0.1, -0.05) is 6.07 Å². The van der Waals surface area contributed by atoms with Crippen LogP contribution in [0.4, 0.5) is 0 Å². The van der Waals surface area contributed by atoms with Gasteiger partial charge in [0.2, 0.25) is 5.91 Å². The summed E-state index contributed by atoms with van der Waals surface area (Å²) in [7, 11) is 1.62. The Labute approximate surface area is 91.9 Å². The van der Waals surface area contributed by atoms with Gasteiger partial charge in [0.05, 0.1) is 11.0 Å². The van der Waals surface area contributed by atoms with E-state index in [0.717, 1.165) is 16.6 Å². The number of rotatable bonds is 3. The highest BCUT2D eigenvalue weighted by Gasteiger charge is 2.02. The van der Waals surface area contributed by atoms with Gasteiger partial charge >= 0.3 is 5.69 Å². The molecule has 0 aliphatic heterocycles. The summed E-state index contributed by atoms with van der Waals surface area (Å²) in [5, 5.41) is 2.57. The molecule has 3 N–H and O–H groups in total. The summed E-state index contributed by atoms with van der Waals surface area (Å²) in [6, 6.07) is 5.64. The Kier molecular flexibility index (Phi) is 2.76. The van der Waals surface area contributed by atoms with Crippen molar-refractivity contribution < 1.29 is 4.79 Å². The summed E-state index contributed by atoms with van der Waals surface area (Å²) in [5.74, 6) is 0.0164. The van der Waals surface area contributed by atoms with Crippen molar-refractivity contribution in [2.45, 2.75) is 12.8 Å². The van der Waals surface area contributed by atoms with Crippen molar-refractivity contribution >= 4 is 16.9 Å². The smallest absolute Gasteiger partial charge is 0.323 e. The molecular formula is C11H13N3O2. The van der Waals surface area contributed by atoms with E-state index in [1.54, 1.807) is 7.05 Å². The van der Waals surface area contributed by atoms with Crippen LogP contribution in [0.2, 0.25) is 0 Å². The third kappa shape index (κ3) is 2.13. The summed E-state index contributed by atoms with van der Waals surface area (Å²) >= 11 is 0. The standard InChI is InChI=1S/C11H13N3O2/c1-12-10(15)5-3-7-2-4-8-9(6-7)14-11(16)13-8/h2,4,6H,3,5H2,1H3,(H,12,15)(H2,13,14,16).